The Morgan fingerprint density at radius 1 is 1.39 bits per heavy atom. The summed E-state index contributed by atoms with van der Waals surface area (Å²) in [4.78, 5) is 37.0. The van der Waals surface area contributed by atoms with Crippen molar-refractivity contribution in [1.29, 1.82) is 0 Å². The molecule has 7 heteroatoms. The molecular formula is C21H31N3O2S2. The van der Waals surface area contributed by atoms with Gasteiger partial charge in [0.2, 0.25) is 5.91 Å². The number of thioether (sulfide) groups is 1. The average molecular weight is 422 g/mol. The Morgan fingerprint density at radius 3 is 2.89 bits per heavy atom. The van der Waals surface area contributed by atoms with Crippen LogP contribution in [0.3, 0.4) is 0 Å². The molecule has 1 N–H and O–H groups in total. The molecule has 2 aromatic rings. The molecule has 28 heavy (non-hydrogen) atoms. The molecule has 0 spiro atoms. The van der Waals surface area contributed by atoms with Crippen LogP contribution in [0.1, 0.15) is 63.3 Å². The third-order valence-electron chi connectivity index (χ3n) is 5.84. The Labute approximate surface area is 175 Å². The van der Waals surface area contributed by atoms with Crippen molar-refractivity contribution in [2.45, 2.75) is 77.4 Å². The van der Waals surface area contributed by atoms with Gasteiger partial charge in [0.25, 0.3) is 5.56 Å². The fourth-order valence-electron chi connectivity index (χ4n) is 3.93. The summed E-state index contributed by atoms with van der Waals surface area (Å²) in [6, 6.07) is 0.361. The van der Waals surface area contributed by atoms with Gasteiger partial charge in [-0.2, -0.15) is 0 Å². The van der Waals surface area contributed by atoms with Crippen LogP contribution < -0.4 is 5.56 Å². The van der Waals surface area contributed by atoms with Gasteiger partial charge in [0.1, 0.15) is 4.83 Å². The predicted octanol–water partition coefficient (Wildman–Crippen LogP) is 4.76. The topological polar surface area (TPSA) is 66.1 Å². The smallest absolute Gasteiger partial charge is 0.260 e. The third-order valence-corrected chi connectivity index (χ3v) is 7.74. The normalized spacial score (nSPS) is 18.6. The molecule has 0 radical (unpaired) electrons. The van der Waals surface area contributed by atoms with Crippen molar-refractivity contribution in [3.05, 3.63) is 20.8 Å². The molecule has 1 fully saturated rings. The van der Waals surface area contributed by atoms with Crippen LogP contribution in [0, 0.1) is 12.8 Å². The number of amides is 1. The number of aryl methyl sites for hydroxylation is 1. The van der Waals surface area contributed by atoms with E-state index in [0.29, 0.717) is 22.9 Å². The number of aromatic nitrogens is 2. The number of nitrogens with one attached hydrogen (secondary N) is 1. The molecule has 154 valence electrons. The van der Waals surface area contributed by atoms with Gasteiger partial charge in [0.05, 0.1) is 11.1 Å². The second-order valence-corrected chi connectivity index (χ2v) is 10.0. The second-order valence-electron chi connectivity index (χ2n) is 7.84. The van der Waals surface area contributed by atoms with E-state index in [1.807, 2.05) is 4.90 Å². The number of rotatable bonds is 7. The minimum atomic E-state index is -0.0768. The Bertz CT molecular complexity index is 890. The number of aromatic amines is 1. The van der Waals surface area contributed by atoms with E-state index in [1.165, 1.54) is 23.1 Å². The van der Waals surface area contributed by atoms with Crippen LogP contribution in [-0.2, 0) is 11.2 Å². The van der Waals surface area contributed by atoms with Gasteiger partial charge in [-0.15, -0.1) is 11.3 Å². The molecule has 1 saturated heterocycles. The molecule has 0 bridgehead atoms. The lowest BCUT2D eigenvalue weighted by Crippen LogP contribution is -2.44. The van der Waals surface area contributed by atoms with Gasteiger partial charge < -0.3 is 9.88 Å². The van der Waals surface area contributed by atoms with E-state index >= 15 is 0 Å². The number of carbonyl (C=O) groups excluding carboxylic acids is 1. The molecule has 1 amide bonds. The minimum absolute atomic E-state index is 0.0768. The first-order chi connectivity index (χ1) is 13.4. The van der Waals surface area contributed by atoms with Crippen molar-refractivity contribution in [1.82, 2.24) is 14.9 Å². The lowest BCUT2D eigenvalue weighted by Gasteiger charge is -2.35. The summed E-state index contributed by atoms with van der Waals surface area (Å²) in [5.41, 5.74) is 1.06. The van der Waals surface area contributed by atoms with E-state index in [-0.39, 0.29) is 11.5 Å². The summed E-state index contributed by atoms with van der Waals surface area (Å²) < 4.78 is 0. The summed E-state index contributed by atoms with van der Waals surface area (Å²) in [6.45, 7) is 9.45. The number of piperidine rings is 1. The van der Waals surface area contributed by atoms with Gasteiger partial charge in [-0.1, -0.05) is 39.0 Å². The van der Waals surface area contributed by atoms with Gasteiger partial charge in [-0.3, -0.25) is 9.59 Å². The summed E-state index contributed by atoms with van der Waals surface area (Å²) in [5.74, 6) is 1.02. The van der Waals surface area contributed by atoms with E-state index in [2.05, 4.69) is 37.7 Å². The summed E-state index contributed by atoms with van der Waals surface area (Å²) in [6.07, 6.45) is 6.39. The van der Waals surface area contributed by atoms with Crippen LogP contribution in [0.4, 0.5) is 0 Å². The van der Waals surface area contributed by atoms with Gasteiger partial charge in [-0.05, 0) is 50.5 Å². The zero-order valence-electron chi connectivity index (χ0n) is 17.3. The summed E-state index contributed by atoms with van der Waals surface area (Å²) >= 11 is 2.93. The number of H-pyrrole nitrogens is 1. The van der Waals surface area contributed by atoms with E-state index in [0.717, 1.165) is 54.4 Å². The second kappa shape index (κ2) is 9.44. The minimum Gasteiger partial charge on any atom is -0.339 e. The third kappa shape index (κ3) is 4.62. The monoisotopic (exact) mass is 421 g/mol. The Morgan fingerprint density at radius 2 is 2.18 bits per heavy atom. The van der Waals surface area contributed by atoms with Crippen molar-refractivity contribution >= 4 is 39.2 Å². The van der Waals surface area contributed by atoms with Gasteiger partial charge in [0.15, 0.2) is 5.16 Å². The lowest BCUT2D eigenvalue weighted by molar-refractivity contribution is -0.132. The first kappa shape index (κ1) is 21.4. The van der Waals surface area contributed by atoms with Crippen molar-refractivity contribution in [2.24, 2.45) is 5.92 Å². The number of thiophene rings is 1. The van der Waals surface area contributed by atoms with E-state index in [9.17, 15) is 9.59 Å². The number of carbonyl (C=O) groups is 1. The van der Waals surface area contributed by atoms with Crippen molar-refractivity contribution in [2.75, 3.05) is 12.3 Å². The first-order valence-corrected chi connectivity index (χ1v) is 12.2. The highest BCUT2D eigenvalue weighted by molar-refractivity contribution is 7.99. The zero-order valence-corrected chi connectivity index (χ0v) is 19.0. The largest absolute Gasteiger partial charge is 0.339 e. The molecule has 2 aromatic heterocycles. The lowest BCUT2D eigenvalue weighted by atomic mass is 9.98. The fraction of sp³-hybridized carbons (Fsp3) is 0.667. The van der Waals surface area contributed by atoms with Crippen LogP contribution in [0.2, 0.25) is 0 Å². The molecule has 3 rings (SSSR count). The highest BCUT2D eigenvalue weighted by Crippen LogP contribution is 2.30. The van der Waals surface area contributed by atoms with Crippen LogP contribution >= 0.6 is 23.1 Å². The molecule has 1 aliphatic heterocycles. The number of likely N-dealkylation sites (tertiary alicyclic amines) is 1. The fourth-order valence-corrected chi connectivity index (χ4v) is 5.79. The molecule has 0 aliphatic carbocycles. The first-order valence-electron chi connectivity index (χ1n) is 10.4. The van der Waals surface area contributed by atoms with Gasteiger partial charge in [-0.25, -0.2) is 4.98 Å². The Hall–Kier alpha value is -1.34. The average Bonchev–Trinajstić information content (AvgIpc) is 3.01. The van der Waals surface area contributed by atoms with E-state index < -0.39 is 0 Å². The zero-order chi connectivity index (χ0) is 20.3. The van der Waals surface area contributed by atoms with Gasteiger partial charge >= 0.3 is 0 Å². The number of fused-ring (bicyclic) bond motifs is 1. The maximum absolute atomic E-state index is 12.8. The number of hydrogen-bond acceptors (Lipinski definition) is 5. The molecule has 1 aliphatic rings. The number of nitrogens with zero attached hydrogens (tertiary/aromatic N) is 2. The van der Waals surface area contributed by atoms with Crippen LogP contribution in [-0.4, -0.2) is 39.1 Å². The van der Waals surface area contributed by atoms with Crippen molar-refractivity contribution in [3.63, 3.8) is 0 Å². The van der Waals surface area contributed by atoms with Crippen LogP contribution in [0.5, 0.6) is 0 Å². The van der Waals surface area contributed by atoms with Gasteiger partial charge in [0, 0.05) is 17.5 Å². The van der Waals surface area contributed by atoms with Crippen molar-refractivity contribution in [3.8, 4) is 0 Å². The van der Waals surface area contributed by atoms with E-state index in [4.69, 9.17) is 0 Å². The Kier molecular flexibility index (Phi) is 7.20. The number of hydrogen-bond donors (Lipinski definition) is 1. The van der Waals surface area contributed by atoms with Crippen molar-refractivity contribution < 1.29 is 4.79 Å². The molecule has 0 unspecified atom stereocenters. The highest BCUT2D eigenvalue weighted by Gasteiger charge is 2.25. The van der Waals surface area contributed by atoms with Crippen LogP contribution in [0.25, 0.3) is 10.2 Å². The Balaban J connectivity index is 1.76. The summed E-state index contributed by atoms with van der Waals surface area (Å²) in [5, 5.41) is 1.29. The molecule has 0 saturated carbocycles. The predicted molar refractivity (Wildman–Crippen MR) is 119 cm³/mol. The maximum atomic E-state index is 12.8. The standard InChI is InChI=1S/C21H31N3O2S2/c1-5-13(3)11-16-14(4)28-20-18(16)19(26)22-21(23-20)27-12-17(25)24-10-8-7-9-15(24)6-2/h13,15H,5-12H2,1-4H3,(H,22,23,26)/t13-,15+/m1/s1. The maximum Gasteiger partial charge on any atom is 0.260 e. The molecule has 5 nitrogen and oxygen atoms in total. The van der Waals surface area contributed by atoms with Crippen LogP contribution in [0.15, 0.2) is 9.95 Å². The molecule has 3 heterocycles. The highest BCUT2D eigenvalue weighted by atomic mass is 32.2. The quantitative estimate of drug-likeness (QED) is 0.517. The van der Waals surface area contributed by atoms with E-state index in [1.54, 1.807) is 11.3 Å². The summed E-state index contributed by atoms with van der Waals surface area (Å²) in [7, 11) is 0. The molecule has 0 aromatic carbocycles. The molecule has 2 atom stereocenters. The molecular weight excluding hydrogens is 390 g/mol. The SMILES string of the molecule is CC[C@@H](C)Cc1c(C)sc2nc(SCC(=O)N3CCCC[C@@H]3CC)[nH]c(=O)c12.